The van der Waals surface area contributed by atoms with Gasteiger partial charge in [0.05, 0.1) is 11.7 Å². The second-order valence-electron chi connectivity index (χ2n) is 9.82. The maximum atomic E-state index is 13.3. The zero-order valence-corrected chi connectivity index (χ0v) is 23.6. The molecule has 0 unspecified atom stereocenters. The lowest BCUT2D eigenvalue weighted by atomic mass is 10.1. The Balaban J connectivity index is 0.00000380. The van der Waals surface area contributed by atoms with Gasteiger partial charge in [-0.05, 0) is 43.4 Å². The van der Waals surface area contributed by atoms with Crippen molar-refractivity contribution in [3.05, 3.63) is 57.0 Å². The lowest BCUT2D eigenvalue weighted by Gasteiger charge is -2.27. The van der Waals surface area contributed by atoms with E-state index in [1.165, 1.54) is 22.2 Å². The predicted molar refractivity (Wildman–Crippen MR) is 152 cm³/mol. The van der Waals surface area contributed by atoms with Crippen LogP contribution in [0.1, 0.15) is 42.7 Å². The van der Waals surface area contributed by atoms with Crippen LogP contribution in [0.4, 0.5) is 5.69 Å². The number of anilines is 1. The van der Waals surface area contributed by atoms with Crippen LogP contribution in [0.3, 0.4) is 0 Å². The molecule has 10 heteroatoms. The van der Waals surface area contributed by atoms with E-state index in [1.807, 2.05) is 56.9 Å². The molecule has 1 aromatic carbocycles. The van der Waals surface area contributed by atoms with E-state index in [9.17, 15) is 14.4 Å². The van der Waals surface area contributed by atoms with Crippen LogP contribution in [0.25, 0.3) is 10.2 Å². The summed E-state index contributed by atoms with van der Waals surface area (Å²) in [6.45, 7) is 10.8. The maximum absolute atomic E-state index is 13.3. The second kappa shape index (κ2) is 12.7. The first kappa shape index (κ1) is 28.8. The van der Waals surface area contributed by atoms with Crippen LogP contribution in [0.5, 0.6) is 0 Å². The molecule has 2 amide bonds. The highest BCUT2D eigenvalue weighted by Crippen LogP contribution is 2.26. The Bertz CT molecular complexity index is 1320. The Morgan fingerprint density at radius 3 is 2.62 bits per heavy atom. The summed E-state index contributed by atoms with van der Waals surface area (Å²) >= 11 is 1.50. The highest BCUT2D eigenvalue weighted by molar-refractivity contribution is 7.18. The molecule has 0 aliphatic carbocycles. The van der Waals surface area contributed by atoms with E-state index in [-0.39, 0.29) is 42.2 Å². The van der Waals surface area contributed by atoms with Gasteiger partial charge >= 0.3 is 0 Å². The standard InChI is InChI=1S/C27H35N5O3S.ClH/c1-18(2)14-23(33)32-12-7-11-30(13-10-28-15-21-8-5-6-9-22(21)32)24(34)16-31-17-29-26-25(27(31)35)19(3)20(4)36-26;/h5-6,8-9,17-18,28H,7,10-16H2,1-4H3;1H. The van der Waals surface area contributed by atoms with Crippen LogP contribution >= 0.6 is 23.7 Å². The third kappa shape index (κ3) is 6.58. The minimum Gasteiger partial charge on any atom is -0.340 e. The van der Waals surface area contributed by atoms with E-state index < -0.39 is 0 Å². The molecule has 0 saturated carbocycles. The number of para-hydroxylation sites is 1. The Morgan fingerprint density at radius 2 is 1.86 bits per heavy atom. The fourth-order valence-electron chi connectivity index (χ4n) is 4.61. The van der Waals surface area contributed by atoms with E-state index in [0.717, 1.165) is 21.7 Å². The van der Waals surface area contributed by atoms with Crippen LogP contribution in [0.15, 0.2) is 35.4 Å². The van der Waals surface area contributed by atoms with Crippen molar-refractivity contribution in [1.29, 1.82) is 0 Å². The number of hydrogen-bond donors (Lipinski definition) is 1. The van der Waals surface area contributed by atoms with Crippen LogP contribution in [-0.4, -0.2) is 52.4 Å². The number of fused-ring (bicyclic) bond motifs is 2. The van der Waals surface area contributed by atoms with Crippen molar-refractivity contribution in [2.45, 2.75) is 53.6 Å². The molecule has 8 nitrogen and oxygen atoms in total. The fraction of sp³-hybridized carbons (Fsp3) is 0.481. The highest BCUT2D eigenvalue weighted by Gasteiger charge is 2.22. The van der Waals surface area contributed by atoms with E-state index in [0.29, 0.717) is 55.8 Å². The Kier molecular flexibility index (Phi) is 9.87. The topological polar surface area (TPSA) is 87.5 Å². The number of carbonyl (C=O) groups is 2. The van der Waals surface area contributed by atoms with Gasteiger partial charge in [-0.3, -0.25) is 19.0 Å². The lowest BCUT2D eigenvalue weighted by Crippen LogP contribution is -2.41. The van der Waals surface area contributed by atoms with Gasteiger partial charge in [0, 0.05) is 49.7 Å². The Labute approximate surface area is 228 Å². The zero-order valence-electron chi connectivity index (χ0n) is 22.0. The molecule has 37 heavy (non-hydrogen) atoms. The van der Waals surface area contributed by atoms with Gasteiger partial charge in [-0.1, -0.05) is 32.0 Å². The zero-order chi connectivity index (χ0) is 25.8. The SMILES string of the molecule is Cc1sc2ncn(CC(=O)N3CCCN(C(=O)CC(C)C)c4ccccc4CNCC3)c(=O)c2c1C.Cl. The van der Waals surface area contributed by atoms with E-state index >= 15 is 0 Å². The summed E-state index contributed by atoms with van der Waals surface area (Å²) in [5.74, 6) is 0.238. The van der Waals surface area contributed by atoms with Crippen LogP contribution in [0.2, 0.25) is 0 Å². The summed E-state index contributed by atoms with van der Waals surface area (Å²) in [6.07, 6.45) is 2.61. The van der Waals surface area contributed by atoms with Crippen LogP contribution in [0, 0.1) is 19.8 Å². The number of nitrogens with zero attached hydrogens (tertiary/aromatic N) is 4. The summed E-state index contributed by atoms with van der Waals surface area (Å²) in [6, 6.07) is 7.99. The molecule has 0 spiro atoms. The first-order chi connectivity index (χ1) is 17.3. The monoisotopic (exact) mass is 545 g/mol. The number of aryl methyl sites for hydroxylation is 2. The van der Waals surface area contributed by atoms with Gasteiger partial charge in [0.15, 0.2) is 0 Å². The smallest absolute Gasteiger partial charge is 0.262 e. The van der Waals surface area contributed by atoms with Gasteiger partial charge < -0.3 is 15.1 Å². The average Bonchev–Trinajstić information content (AvgIpc) is 3.11. The number of thiophene rings is 1. The number of benzene rings is 1. The van der Waals surface area contributed by atoms with Crippen LogP contribution < -0.4 is 15.8 Å². The van der Waals surface area contributed by atoms with Crippen molar-refractivity contribution in [2.75, 3.05) is 31.1 Å². The van der Waals surface area contributed by atoms with Crippen molar-refractivity contribution in [1.82, 2.24) is 19.8 Å². The second-order valence-corrected chi connectivity index (χ2v) is 11.0. The summed E-state index contributed by atoms with van der Waals surface area (Å²) in [5, 5.41) is 4.02. The normalized spacial score (nSPS) is 14.7. The van der Waals surface area contributed by atoms with Crippen molar-refractivity contribution in [3.8, 4) is 0 Å². The summed E-state index contributed by atoms with van der Waals surface area (Å²) in [5.41, 5.74) is 2.76. The molecule has 2 aromatic heterocycles. The predicted octanol–water partition coefficient (Wildman–Crippen LogP) is 3.90. The summed E-state index contributed by atoms with van der Waals surface area (Å²) in [7, 11) is 0. The number of halogens is 1. The van der Waals surface area contributed by atoms with E-state index in [4.69, 9.17) is 0 Å². The third-order valence-electron chi connectivity index (χ3n) is 6.66. The molecule has 0 fully saturated rings. The highest BCUT2D eigenvalue weighted by atomic mass is 35.5. The minimum absolute atomic E-state index is 0. The molecule has 3 heterocycles. The molecule has 4 rings (SSSR count). The molecule has 0 atom stereocenters. The maximum Gasteiger partial charge on any atom is 0.262 e. The van der Waals surface area contributed by atoms with Gasteiger partial charge in [0.2, 0.25) is 11.8 Å². The van der Waals surface area contributed by atoms with Crippen molar-refractivity contribution in [3.63, 3.8) is 0 Å². The van der Waals surface area contributed by atoms with Gasteiger partial charge in [0.1, 0.15) is 11.4 Å². The molecule has 1 N–H and O–H groups in total. The fourth-order valence-corrected chi connectivity index (χ4v) is 5.60. The van der Waals surface area contributed by atoms with Gasteiger partial charge in [-0.15, -0.1) is 23.7 Å². The number of rotatable bonds is 4. The number of hydrogen-bond acceptors (Lipinski definition) is 6. The van der Waals surface area contributed by atoms with Crippen molar-refractivity contribution in [2.24, 2.45) is 5.92 Å². The minimum atomic E-state index is -0.174. The largest absolute Gasteiger partial charge is 0.340 e. The first-order valence-electron chi connectivity index (χ1n) is 12.6. The quantitative estimate of drug-likeness (QED) is 0.537. The number of aromatic nitrogens is 2. The Morgan fingerprint density at radius 1 is 1.11 bits per heavy atom. The van der Waals surface area contributed by atoms with E-state index in [1.54, 1.807) is 4.90 Å². The summed E-state index contributed by atoms with van der Waals surface area (Å²) < 4.78 is 1.41. The van der Waals surface area contributed by atoms with Crippen molar-refractivity contribution < 1.29 is 9.59 Å². The van der Waals surface area contributed by atoms with Gasteiger partial charge in [0.25, 0.3) is 5.56 Å². The molecular formula is C27H36ClN5O3S. The summed E-state index contributed by atoms with van der Waals surface area (Å²) in [4.78, 5) is 49.4. The molecular weight excluding hydrogens is 510 g/mol. The molecule has 3 aromatic rings. The Hall–Kier alpha value is -2.75. The van der Waals surface area contributed by atoms with E-state index in [2.05, 4.69) is 10.3 Å². The van der Waals surface area contributed by atoms with Gasteiger partial charge in [-0.25, -0.2) is 4.98 Å². The van der Waals surface area contributed by atoms with Gasteiger partial charge in [-0.2, -0.15) is 0 Å². The lowest BCUT2D eigenvalue weighted by molar-refractivity contribution is -0.131. The molecule has 1 aliphatic heterocycles. The van der Waals surface area contributed by atoms with Crippen molar-refractivity contribution >= 4 is 51.5 Å². The number of nitrogens with one attached hydrogen (secondary N) is 1. The number of carbonyl (C=O) groups excluding carboxylic acids is 2. The molecule has 200 valence electrons. The first-order valence-corrected chi connectivity index (χ1v) is 13.4. The average molecular weight is 546 g/mol. The molecule has 1 aliphatic rings. The molecule has 0 saturated heterocycles. The molecule has 0 bridgehead atoms. The number of amides is 2. The third-order valence-corrected chi connectivity index (χ3v) is 7.78. The molecule has 0 radical (unpaired) electrons. The van der Waals surface area contributed by atoms with Crippen LogP contribution in [-0.2, 0) is 22.7 Å².